The Morgan fingerprint density at radius 3 is 2.44 bits per heavy atom. The molecule has 1 aromatic heterocycles. The van der Waals surface area contributed by atoms with Crippen molar-refractivity contribution in [2.24, 2.45) is 5.73 Å². The van der Waals surface area contributed by atoms with Crippen molar-refractivity contribution in [2.75, 3.05) is 20.8 Å². The first-order valence-electron chi connectivity index (χ1n) is 12.3. The van der Waals surface area contributed by atoms with Crippen LogP contribution in [0.2, 0.25) is 5.02 Å². The molecule has 4 N–H and O–H groups in total. The summed E-state index contributed by atoms with van der Waals surface area (Å²) >= 11 is 6.02. The number of ketones is 1. The number of carbonyl (C=O) groups is 2. The molecule has 1 amide bonds. The number of pyridine rings is 1. The number of aliphatic hydroxyl groups is 1. The number of carbonyl (C=O) groups excluding carboxylic acids is 2. The van der Waals surface area contributed by atoms with E-state index in [9.17, 15) is 19.1 Å². The molecule has 8 nitrogen and oxygen atoms in total. The van der Waals surface area contributed by atoms with Gasteiger partial charge >= 0.3 is 0 Å². The molecule has 0 spiro atoms. The van der Waals surface area contributed by atoms with E-state index >= 15 is 0 Å². The molecule has 3 rings (SSSR count). The van der Waals surface area contributed by atoms with E-state index in [-0.39, 0.29) is 41.8 Å². The standard InChI is InChI=1S/C29H33ClFN3O5/c1-28(2,33-4)19-14-22(17-6-8-21(31)20(30)12-17)34-26(15-19)29(3,37)11-10-23(35)18-7-9-24(25(13-18)38-5)39-16-27(32)36/h6-9,12-15,33,37H,10-11,16H2,1-5H3,(H2,32,36). The molecule has 1 atom stereocenters. The highest BCUT2D eigenvalue weighted by Crippen LogP contribution is 2.34. The van der Waals surface area contributed by atoms with Crippen LogP contribution in [0, 0.1) is 5.82 Å². The van der Waals surface area contributed by atoms with Gasteiger partial charge < -0.3 is 25.6 Å². The molecule has 0 aliphatic heterocycles. The van der Waals surface area contributed by atoms with Crippen LogP contribution in [0.5, 0.6) is 11.5 Å². The summed E-state index contributed by atoms with van der Waals surface area (Å²) in [7, 11) is 3.24. The lowest BCUT2D eigenvalue weighted by atomic mass is 9.87. The number of nitrogens with two attached hydrogens (primary N) is 1. The summed E-state index contributed by atoms with van der Waals surface area (Å²) < 4.78 is 24.4. The first kappa shape index (κ1) is 30.0. The van der Waals surface area contributed by atoms with Crippen molar-refractivity contribution < 1.29 is 28.6 Å². The Hall–Kier alpha value is -3.53. The maximum absolute atomic E-state index is 13.8. The van der Waals surface area contributed by atoms with Crippen molar-refractivity contribution in [3.63, 3.8) is 0 Å². The monoisotopic (exact) mass is 557 g/mol. The first-order chi connectivity index (χ1) is 18.3. The summed E-state index contributed by atoms with van der Waals surface area (Å²) in [5.41, 5.74) is 5.84. The Balaban J connectivity index is 1.89. The third-order valence-corrected chi connectivity index (χ3v) is 6.92. The van der Waals surface area contributed by atoms with Crippen LogP contribution in [0.25, 0.3) is 11.3 Å². The molecule has 1 heterocycles. The van der Waals surface area contributed by atoms with Crippen molar-refractivity contribution in [1.82, 2.24) is 10.3 Å². The number of methoxy groups -OCH3 is 1. The van der Waals surface area contributed by atoms with Gasteiger partial charge in [-0.05, 0) is 88.3 Å². The summed E-state index contributed by atoms with van der Waals surface area (Å²) in [5.74, 6) is -0.850. The van der Waals surface area contributed by atoms with E-state index in [0.29, 0.717) is 22.5 Å². The molecule has 0 bridgehead atoms. The molecule has 1 unspecified atom stereocenters. The minimum Gasteiger partial charge on any atom is -0.493 e. The Morgan fingerprint density at radius 1 is 1.10 bits per heavy atom. The zero-order valence-electron chi connectivity index (χ0n) is 22.6. The number of ether oxygens (including phenoxy) is 2. The van der Waals surface area contributed by atoms with E-state index < -0.39 is 22.9 Å². The third kappa shape index (κ3) is 7.32. The minimum absolute atomic E-state index is 0.0106. The van der Waals surface area contributed by atoms with Gasteiger partial charge in [-0.15, -0.1) is 0 Å². The van der Waals surface area contributed by atoms with Crippen LogP contribution in [-0.2, 0) is 15.9 Å². The lowest BCUT2D eigenvalue weighted by Gasteiger charge is -2.29. The van der Waals surface area contributed by atoms with Gasteiger partial charge in [-0.2, -0.15) is 0 Å². The quantitative estimate of drug-likeness (QED) is 0.275. The van der Waals surface area contributed by atoms with Crippen molar-refractivity contribution in [3.8, 4) is 22.8 Å². The van der Waals surface area contributed by atoms with E-state index in [1.54, 1.807) is 25.1 Å². The van der Waals surface area contributed by atoms with Crippen LogP contribution < -0.4 is 20.5 Å². The van der Waals surface area contributed by atoms with Crippen molar-refractivity contribution in [1.29, 1.82) is 0 Å². The second-order valence-electron chi connectivity index (χ2n) is 9.95. The maximum Gasteiger partial charge on any atom is 0.255 e. The van der Waals surface area contributed by atoms with Gasteiger partial charge in [0.15, 0.2) is 23.9 Å². The third-order valence-electron chi connectivity index (χ3n) is 6.63. The van der Waals surface area contributed by atoms with Crippen LogP contribution in [0.1, 0.15) is 55.2 Å². The highest BCUT2D eigenvalue weighted by Gasteiger charge is 2.30. The Labute approximate surface area is 232 Å². The highest BCUT2D eigenvalue weighted by molar-refractivity contribution is 6.31. The van der Waals surface area contributed by atoms with Gasteiger partial charge in [0.25, 0.3) is 5.91 Å². The van der Waals surface area contributed by atoms with Crippen LogP contribution >= 0.6 is 11.6 Å². The second kappa shape index (κ2) is 12.1. The molecule has 0 aliphatic carbocycles. The van der Waals surface area contributed by atoms with Crippen molar-refractivity contribution in [3.05, 3.63) is 76.2 Å². The summed E-state index contributed by atoms with van der Waals surface area (Å²) in [5, 5.41) is 14.7. The van der Waals surface area contributed by atoms with Gasteiger partial charge in [0, 0.05) is 23.1 Å². The van der Waals surface area contributed by atoms with Gasteiger partial charge in [0.2, 0.25) is 0 Å². The smallest absolute Gasteiger partial charge is 0.255 e. The van der Waals surface area contributed by atoms with Crippen LogP contribution in [0.3, 0.4) is 0 Å². The number of halogens is 2. The number of primary amides is 1. The minimum atomic E-state index is -1.47. The van der Waals surface area contributed by atoms with Crippen molar-refractivity contribution in [2.45, 2.75) is 44.8 Å². The topological polar surface area (TPSA) is 124 Å². The highest BCUT2D eigenvalue weighted by atomic mass is 35.5. The molecule has 2 aromatic carbocycles. The second-order valence-corrected chi connectivity index (χ2v) is 10.4. The van der Waals surface area contributed by atoms with E-state index in [0.717, 1.165) is 5.56 Å². The zero-order chi connectivity index (χ0) is 29.0. The molecule has 3 aromatic rings. The number of hydrogen-bond donors (Lipinski definition) is 3. The first-order valence-corrected chi connectivity index (χ1v) is 12.7. The Kier molecular flexibility index (Phi) is 9.32. The summed E-state index contributed by atoms with van der Waals surface area (Å²) in [6, 6.07) is 12.6. The molecule has 0 saturated carbocycles. The fourth-order valence-electron chi connectivity index (χ4n) is 3.85. The van der Waals surface area contributed by atoms with Gasteiger partial charge in [-0.1, -0.05) is 11.6 Å². The zero-order valence-corrected chi connectivity index (χ0v) is 23.4. The number of nitrogens with zero attached hydrogens (tertiary/aromatic N) is 1. The Morgan fingerprint density at radius 2 is 1.82 bits per heavy atom. The number of benzene rings is 2. The predicted molar refractivity (Wildman–Crippen MR) is 148 cm³/mol. The predicted octanol–water partition coefficient (Wildman–Crippen LogP) is 4.74. The molecule has 10 heteroatoms. The summed E-state index contributed by atoms with van der Waals surface area (Å²) in [4.78, 5) is 28.7. The van der Waals surface area contributed by atoms with Crippen LogP contribution in [0.4, 0.5) is 4.39 Å². The average molecular weight is 558 g/mol. The van der Waals surface area contributed by atoms with Gasteiger partial charge in [0.1, 0.15) is 11.4 Å². The number of hydrogen-bond acceptors (Lipinski definition) is 7. The lowest BCUT2D eigenvalue weighted by molar-refractivity contribution is -0.119. The average Bonchev–Trinajstić information content (AvgIpc) is 2.91. The van der Waals surface area contributed by atoms with Gasteiger partial charge in [0.05, 0.1) is 23.5 Å². The number of aromatic nitrogens is 1. The molecule has 39 heavy (non-hydrogen) atoms. The largest absolute Gasteiger partial charge is 0.493 e. The Bertz CT molecular complexity index is 1380. The van der Waals surface area contributed by atoms with E-state index in [2.05, 4.69) is 10.3 Å². The molecule has 0 aliphatic rings. The van der Waals surface area contributed by atoms with Crippen molar-refractivity contribution >= 4 is 23.3 Å². The van der Waals surface area contributed by atoms with E-state index in [1.807, 2.05) is 27.0 Å². The fraction of sp³-hybridized carbons (Fsp3) is 0.345. The van der Waals surface area contributed by atoms with Crippen LogP contribution in [0.15, 0.2) is 48.5 Å². The summed E-state index contributed by atoms with van der Waals surface area (Å²) in [6.45, 7) is 5.24. The number of rotatable bonds is 12. The number of nitrogens with one attached hydrogen (secondary N) is 1. The molecule has 0 saturated heterocycles. The van der Waals surface area contributed by atoms with Gasteiger partial charge in [-0.3, -0.25) is 9.59 Å². The number of amides is 1. The van der Waals surface area contributed by atoms with Crippen LogP contribution in [-0.4, -0.2) is 42.5 Å². The number of Topliss-reactive ketones (excluding diaryl/α,β-unsaturated/α-hetero) is 1. The SMILES string of the molecule is CNC(C)(C)c1cc(-c2ccc(F)c(Cl)c2)nc(C(C)(O)CCC(=O)c2ccc(OCC(N)=O)c(OC)c2)c1. The molecule has 0 radical (unpaired) electrons. The molecular weight excluding hydrogens is 525 g/mol. The fourth-order valence-corrected chi connectivity index (χ4v) is 4.03. The molecular formula is C29H33ClFN3O5. The maximum atomic E-state index is 13.8. The molecule has 0 fully saturated rings. The molecule has 208 valence electrons. The normalized spacial score (nSPS) is 13.0. The van der Waals surface area contributed by atoms with Gasteiger partial charge in [-0.25, -0.2) is 9.37 Å². The van der Waals surface area contributed by atoms with E-state index in [4.69, 9.17) is 26.8 Å². The van der Waals surface area contributed by atoms with E-state index in [1.165, 1.54) is 31.4 Å². The summed E-state index contributed by atoms with van der Waals surface area (Å²) in [6.07, 6.45) is 0.0881. The lowest BCUT2D eigenvalue weighted by Crippen LogP contribution is -2.34.